The molecular formula is C8H19NO3. The third-order valence-corrected chi connectivity index (χ3v) is 1.50. The SMILES string of the molecule is CCC(COC)NOCCOC. The predicted molar refractivity (Wildman–Crippen MR) is 46.9 cm³/mol. The molecule has 12 heavy (non-hydrogen) atoms. The van der Waals surface area contributed by atoms with Crippen molar-refractivity contribution in [3.63, 3.8) is 0 Å². The van der Waals surface area contributed by atoms with E-state index in [9.17, 15) is 0 Å². The van der Waals surface area contributed by atoms with Gasteiger partial charge in [-0.2, -0.15) is 5.48 Å². The number of rotatable bonds is 8. The molecule has 0 amide bonds. The third kappa shape index (κ3) is 6.54. The quantitative estimate of drug-likeness (QED) is 0.435. The molecule has 4 heteroatoms. The van der Waals surface area contributed by atoms with E-state index in [4.69, 9.17) is 14.3 Å². The minimum absolute atomic E-state index is 0.270. The monoisotopic (exact) mass is 177 g/mol. The molecule has 1 atom stereocenters. The van der Waals surface area contributed by atoms with Crippen molar-refractivity contribution in [2.24, 2.45) is 0 Å². The van der Waals surface area contributed by atoms with Gasteiger partial charge in [-0.3, -0.25) is 4.84 Å². The van der Waals surface area contributed by atoms with Crippen molar-refractivity contribution in [3.05, 3.63) is 0 Å². The molecule has 0 aliphatic rings. The van der Waals surface area contributed by atoms with Crippen LogP contribution in [0.25, 0.3) is 0 Å². The van der Waals surface area contributed by atoms with Crippen LogP contribution in [0.15, 0.2) is 0 Å². The zero-order chi connectivity index (χ0) is 9.23. The lowest BCUT2D eigenvalue weighted by molar-refractivity contribution is -0.0267. The van der Waals surface area contributed by atoms with Crippen molar-refractivity contribution >= 4 is 0 Å². The first-order valence-corrected chi connectivity index (χ1v) is 4.20. The standard InChI is InChI=1S/C8H19NO3/c1-4-8(7-11-3)9-12-6-5-10-2/h8-9H,4-7H2,1-3H3. The van der Waals surface area contributed by atoms with Gasteiger partial charge in [-0.05, 0) is 6.42 Å². The molecule has 1 unspecified atom stereocenters. The number of hydroxylamine groups is 1. The Hall–Kier alpha value is -0.160. The highest BCUT2D eigenvalue weighted by molar-refractivity contribution is 4.56. The molecular weight excluding hydrogens is 158 g/mol. The van der Waals surface area contributed by atoms with Crippen LogP contribution in [0.5, 0.6) is 0 Å². The van der Waals surface area contributed by atoms with Gasteiger partial charge in [0.05, 0.1) is 25.9 Å². The van der Waals surface area contributed by atoms with E-state index in [1.54, 1.807) is 14.2 Å². The lowest BCUT2D eigenvalue weighted by Gasteiger charge is -2.15. The zero-order valence-electron chi connectivity index (χ0n) is 8.13. The lowest BCUT2D eigenvalue weighted by atomic mass is 10.3. The molecule has 0 heterocycles. The van der Waals surface area contributed by atoms with Crippen molar-refractivity contribution in [2.75, 3.05) is 34.0 Å². The normalized spacial score (nSPS) is 13.2. The second kappa shape index (κ2) is 8.93. The van der Waals surface area contributed by atoms with Crippen LogP contribution in [0, 0.1) is 0 Å². The Morgan fingerprint density at radius 3 is 2.42 bits per heavy atom. The smallest absolute Gasteiger partial charge is 0.0916 e. The van der Waals surface area contributed by atoms with Gasteiger partial charge in [0, 0.05) is 14.2 Å². The molecule has 0 aromatic heterocycles. The molecule has 0 saturated carbocycles. The van der Waals surface area contributed by atoms with Crippen molar-refractivity contribution in [1.29, 1.82) is 0 Å². The van der Waals surface area contributed by atoms with E-state index >= 15 is 0 Å². The average molecular weight is 177 g/mol. The maximum atomic E-state index is 5.12. The molecule has 0 aromatic carbocycles. The highest BCUT2D eigenvalue weighted by Crippen LogP contribution is 1.90. The van der Waals surface area contributed by atoms with E-state index < -0.39 is 0 Å². The molecule has 74 valence electrons. The van der Waals surface area contributed by atoms with E-state index in [1.807, 2.05) is 0 Å². The second-order valence-corrected chi connectivity index (χ2v) is 2.52. The van der Waals surface area contributed by atoms with Crippen LogP contribution < -0.4 is 5.48 Å². The fraction of sp³-hybridized carbons (Fsp3) is 1.00. The van der Waals surface area contributed by atoms with Gasteiger partial charge in [0.25, 0.3) is 0 Å². The van der Waals surface area contributed by atoms with Crippen LogP contribution in [0.3, 0.4) is 0 Å². The molecule has 0 aliphatic carbocycles. The third-order valence-electron chi connectivity index (χ3n) is 1.50. The number of nitrogens with one attached hydrogen (secondary N) is 1. The first kappa shape index (κ1) is 11.8. The topological polar surface area (TPSA) is 39.7 Å². The highest BCUT2D eigenvalue weighted by atomic mass is 16.7. The summed E-state index contributed by atoms with van der Waals surface area (Å²) in [6.07, 6.45) is 0.987. The van der Waals surface area contributed by atoms with E-state index in [0.717, 1.165) is 6.42 Å². The zero-order valence-corrected chi connectivity index (χ0v) is 8.13. The number of hydrogen-bond donors (Lipinski definition) is 1. The number of methoxy groups -OCH3 is 2. The second-order valence-electron chi connectivity index (χ2n) is 2.52. The molecule has 0 rings (SSSR count). The first-order chi connectivity index (χ1) is 5.85. The van der Waals surface area contributed by atoms with Crippen molar-refractivity contribution < 1.29 is 14.3 Å². The molecule has 1 N–H and O–H groups in total. The number of hydrogen-bond acceptors (Lipinski definition) is 4. The molecule has 0 fully saturated rings. The summed E-state index contributed by atoms with van der Waals surface area (Å²) >= 11 is 0. The molecule has 0 spiro atoms. The minimum atomic E-state index is 0.270. The van der Waals surface area contributed by atoms with Gasteiger partial charge in [0.15, 0.2) is 0 Å². The summed E-state index contributed by atoms with van der Waals surface area (Å²) in [6, 6.07) is 0.270. The summed E-state index contributed by atoms with van der Waals surface area (Å²) in [4.78, 5) is 5.12. The summed E-state index contributed by atoms with van der Waals surface area (Å²) in [5.74, 6) is 0. The lowest BCUT2D eigenvalue weighted by Crippen LogP contribution is -2.33. The van der Waals surface area contributed by atoms with Gasteiger partial charge < -0.3 is 9.47 Å². The molecule has 0 aliphatic heterocycles. The van der Waals surface area contributed by atoms with E-state index in [-0.39, 0.29) is 6.04 Å². The van der Waals surface area contributed by atoms with E-state index in [1.165, 1.54) is 0 Å². The van der Waals surface area contributed by atoms with Gasteiger partial charge in [0.1, 0.15) is 0 Å². The van der Waals surface area contributed by atoms with Gasteiger partial charge in [-0.25, -0.2) is 0 Å². The summed E-state index contributed by atoms with van der Waals surface area (Å²) in [7, 11) is 3.33. The van der Waals surface area contributed by atoms with E-state index in [0.29, 0.717) is 19.8 Å². The van der Waals surface area contributed by atoms with Crippen molar-refractivity contribution in [2.45, 2.75) is 19.4 Å². The Balaban J connectivity index is 3.19. The molecule has 0 saturated heterocycles. The Kier molecular flexibility index (Phi) is 8.81. The molecule has 0 aromatic rings. The van der Waals surface area contributed by atoms with Crippen LogP contribution in [0.4, 0.5) is 0 Å². The fourth-order valence-corrected chi connectivity index (χ4v) is 0.738. The Morgan fingerprint density at radius 1 is 1.17 bits per heavy atom. The van der Waals surface area contributed by atoms with Crippen molar-refractivity contribution in [1.82, 2.24) is 5.48 Å². The summed E-state index contributed by atoms with van der Waals surface area (Å²) in [6.45, 7) is 3.92. The van der Waals surface area contributed by atoms with Gasteiger partial charge in [-0.1, -0.05) is 6.92 Å². The Bertz CT molecular complexity index is 90.4. The minimum Gasteiger partial charge on any atom is -0.383 e. The Labute approximate surface area is 74.1 Å². The maximum Gasteiger partial charge on any atom is 0.0916 e. The van der Waals surface area contributed by atoms with Gasteiger partial charge >= 0.3 is 0 Å². The highest BCUT2D eigenvalue weighted by Gasteiger charge is 2.03. The summed E-state index contributed by atoms with van der Waals surface area (Å²) < 4.78 is 9.80. The van der Waals surface area contributed by atoms with Crippen LogP contribution in [-0.4, -0.2) is 40.1 Å². The average Bonchev–Trinajstić information content (AvgIpc) is 2.10. The summed E-state index contributed by atoms with van der Waals surface area (Å²) in [5.41, 5.74) is 2.90. The van der Waals surface area contributed by atoms with E-state index in [2.05, 4.69) is 12.4 Å². The van der Waals surface area contributed by atoms with Crippen LogP contribution in [0.2, 0.25) is 0 Å². The van der Waals surface area contributed by atoms with Crippen molar-refractivity contribution in [3.8, 4) is 0 Å². The van der Waals surface area contributed by atoms with Crippen LogP contribution in [0.1, 0.15) is 13.3 Å². The van der Waals surface area contributed by atoms with Gasteiger partial charge in [0.2, 0.25) is 0 Å². The first-order valence-electron chi connectivity index (χ1n) is 4.20. The maximum absolute atomic E-state index is 5.12. The Morgan fingerprint density at radius 2 is 1.92 bits per heavy atom. The predicted octanol–water partition coefficient (Wildman–Crippen LogP) is 0.579. The van der Waals surface area contributed by atoms with Gasteiger partial charge in [-0.15, -0.1) is 0 Å². The fourth-order valence-electron chi connectivity index (χ4n) is 0.738. The summed E-state index contributed by atoms with van der Waals surface area (Å²) in [5, 5.41) is 0. The van der Waals surface area contributed by atoms with Crippen LogP contribution in [-0.2, 0) is 14.3 Å². The van der Waals surface area contributed by atoms with Crippen LogP contribution >= 0.6 is 0 Å². The molecule has 0 bridgehead atoms. The molecule has 0 radical (unpaired) electrons. The largest absolute Gasteiger partial charge is 0.383 e. The number of ether oxygens (including phenoxy) is 2. The molecule has 4 nitrogen and oxygen atoms in total.